The Morgan fingerprint density at radius 1 is 1.28 bits per heavy atom. The van der Waals surface area contributed by atoms with Crippen LogP contribution in [-0.4, -0.2) is 29.1 Å². The molecule has 3 rings (SSSR count). The van der Waals surface area contributed by atoms with Gasteiger partial charge in [-0.2, -0.15) is 0 Å². The Kier molecular flexibility index (Phi) is 5.47. The molecule has 1 aliphatic rings. The molecule has 1 fully saturated rings. The minimum Gasteiger partial charge on any atom is -0.437 e. The summed E-state index contributed by atoms with van der Waals surface area (Å²) in [4.78, 5) is 16.3. The second kappa shape index (κ2) is 7.60. The van der Waals surface area contributed by atoms with Gasteiger partial charge in [0.15, 0.2) is 0 Å². The third-order valence-electron chi connectivity index (χ3n) is 4.35. The molecular weight excluding hydrogens is 363 g/mol. The van der Waals surface area contributed by atoms with Crippen molar-refractivity contribution in [3.63, 3.8) is 0 Å². The lowest BCUT2D eigenvalue weighted by Crippen LogP contribution is -2.30. The third kappa shape index (κ3) is 4.42. The van der Waals surface area contributed by atoms with Crippen LogP contribution in [0, 0.1) is 5.41 Å². The first-order chi connectivity index (χ1) is 12.0. The van der Waals surface area contributed by atoms with Gasteiger partial charge in [-0.15, -0.1) is 0 Å². The molecule has 0 bridgehead atoms. The topological polar surface area (TPSA) is 71.5 Å². The number of hydrogen-bond acceptors (Lipinski definition) is 4. The van der Waals surface area contributed by atoms with E-state index in [1.165, 1.54) is 6.20 Å². The number of aromatic nitrogens is 1. The van der Waals surface area contributed by atoms with Gasteiger partial charge in [-0.05, 0) is 42.9 Å². The van der Waals surface area contributed by atoms with Gasteiger partial charge in [-0.25, -0.2) is 4.98 Å². The average Bonchev–Trinajstić information content (AvgIpc) is 3.38. The van der Waals surface area contributed by atoms with Gasteiger partial charge in [0.25, 0.3) is 5.91 Å². The standard InChI is InChI=1S/C18H18Cl2N2O3/c19-13-2-1-3-14(16(13)20)25-15-5-4-12(10-21-15)17(24)22-11-18(6-7-18)8-9-23/h1-5,10,23H,6-9,11H2,(H,22,24). The molecule has 1 aliphatic carbocycles. The molecule has 0 unspecified atom stereocenters. The molecule has 2 N–H and O–H groups in total. The summed E-state index contributed by atoms with van der Waals surface area (Å²) in [6.45, 7) is 0.721. The minimum atomic E-state index is -0.191. The van der Waals surface area contributed by atoms with Crippen molar-refractivity contribution < 1.29 is 14.6 Å². The van der Waals surface area contributed by atoms with Crippen molar-refractivity contribution in [1.29, 1.82) is 0 Å². The monoisotopic (exact) mass is 380 g/mol. The number of nitrogens with one attached hydrogen (secondary N) is 1. The van der Waals surface area contributed by atoms with Gasteiger partial charge < -0.3 is 15.2 Å². The highest BCUT2D eigenvalue weighted by Gasteiger charge is 2.41. The van der Waals surface area contributed by atoms with Crippen LogP contribution in [0.3, 0.4) is 0 Å². The van der Waals surface area contributed by atoms with Crippen molar-refractivity contribution in [2.75, 3.05) is 13.2 Å². The lowest BCUT2D eigenvalue weighted by atomic mass is 10.0. The summed E-state index contributed by atoms with van der Waals surface area (Å²) >= 11 is 12.0. The van der Waals surface area contributed by atoms with Gasteiger partial charge in [0.1, 0.15) is 10.8 Å². The van der Waals surface area contributed by atoms with E-state index >= 15 is 0 Å². The van der Waals surface area contributed by atoms with Crippen molar-refractivity contribution in [2.45, 2.75) is 19.3 Å². The fraction of sp³-hybridized carbons (Fsp3) is 0.333. The number of halogens is 2. The molecule has 0 aliphatic heterocycles. The van der Waals surface area contributed by atoms with E-state index in [0.29, 0.717) is 33.8 Å². The highest BCUT2D eigenvalue weighted by Crippen LogP contribution is 2.47. The van der Waals surface area contributed by atoms with Crippen molar-refractivity contribution in [2.24, 2.45) is 5.41 Å². The van der Waals surface area contributed by atoms with E-state index in [9.17, 15) is 4.79 Å². The smallest absolute Gasteiger partial charge is 0.252 e. The number of nitrogens with zero attached hydrogens (tertiary/aromatic N) is 1. The zero-order valence-corrected chi connectivity index (χ0v) is 15.0. The minimum absolute atomic E-state index is 0.0736. The number of benzene rings is 1. The zero-order chi connectivity index (χ0) is 17.9. The van der Waals surface area contributed by atoms with Crippen LogP contribution in [0.5, 0.6) is 11.6 Å². The second-order valence-corrected chi connectivity index (χ2v) is 6.98. The molecule has 0 radical (unpaired) electrons. The number of rotatable bonds is 7. The number of hydrogen-bond donors (Lipinski definition) is 2. The maximum absolute atomic E-state index is 12.2. The van der Waals surface area contributed by atoms with Crippen molar-refractivity contribution in [1.82, 2.24) is 10.3 Å². The van der Waals surface area contributed by atoms with Gasteiger partial charge in [0, 0.05) is 25.4 Å². The van der Waals surface area contributed by atoms with Gasteiger partial charge in [-0.3, -0.25) is 4.79 Å². The Morgan fingerprint density at radius 2 is 2.08 bits per heavy atom. The van der Waals surface area contributed by atoms with E-state index in [1.54, 1.807) is 30.3 Å². The number of carbonyl (C=O) groups is 1. The van der Waals surface area contributed by atoms with E-state index < -0.39 is 0 Å². The summed E-state index contributed by atoms with van der Waals surface area (Å²) in [6, 6.07) is 8.33. The number of amides is 1. The normalized spacial score (nSPS) is 14.8. The molecule has 0 atom stereocenters. The highest BCUT2D eigenvalue weighted by molar-refractivity contribution is 6.42. The molecule has 0 spiro atoms. The van der Waals surface area contributed by atoms with Crippen LogP contribution >= 0.6 is 23.2 Å². The predicted octanol–water partition coefficient (Wildman–Crippen LogP) is 4.07. The second-order valence-electron chi connectivity index (χ2n) is 6.20. The Hall–Kier alpha value is -1.82. The van der Waals surface area contributed by atoms with Crippen LogP contribution in [0.1, 0.15) is 29.6 Å². The summed E-state index contributed by atoms with van der Waals surface area (Å²) in [5, 5.41) is 12.7. The number of ether oxygens (including phenoxy) is 1. The van der Waals surface area contributed by atoms with Gasteiger partial charge in [0.2, 0.25) is 5.88 Å². The molecule has 1 heterocycles. The molecule has 7 heteroatoms. The summed E-state index contributed by atoms with van der Waals surface area (Å²) < 4.78 is 5.59. The molecule has 1 amide bonds. The van der Waals surface area contributed by atoms with Crippen LogP contribution < -0.4 is 10.1 Å². The number of aliphatic hydroxyl groups is 1. The lowest BCUT2D eigenvalue weighted by Gasteiger charge is -2.14. The number of aliphatic hydroxyl groups excluding tert-OH is 1. The van der Waals surface area contributed by atoms with Crippen molar-refractivity contribution >= 4 is 29.1 Å². The molecule has 1 aromatic carbocycles. The Balaban J connectivity index is 1.60. The van der Waals surface area contributed by atoms with Crippen molar-refractivity contribution in [3.05, 3.63) is 52.1 Å². The Morgan fingerprint density at radius 3 is 2.72 bits per heavy atom. The molecule has 0 saturated heterocycles. The lowest BCUT2D eigenvalue weighted by molar-refractivity contribution is 0.0940. The molecule has 2 aromatic rings. The van der Waals surface area contributed by atoms with E-state index in [1.807, 2.05) is 0 Å². The molecule has 1 aromatic heterocycles. The fourth-order valence-electron chi connectivity index (χ4n) is 2.55. The molecular formula is C18H18Cl2N2O3. The first-order valence-electron chi connectivity index (χ1n) is 8.00. The van der Waals surface area contributed by atoms with E-state index in [-0.39, 0.29) is 17.9 Å². The largest absolute Gasteiger partial charge is 0.437 e. The fourth-order valence-corrected chi connectivity index (χ4v) is 2.88. The van der Waals surface area contributed by atoms with Crippen LogP contribution in [-0.2, 0) is 0 Å². The maximum atomic E-state index is 12.2. The summed E-state index contributed by atoms with van der Waals surface area (Å²) in [5.74, 6) is 0.530. The molecule has 25 heavy (non-hydrogen) atoms. The zero-order valence-electron chi connectivity index (χ0n) is 13.5. The van der Waals surface area contributed by atoms with E-state index in [4.69, 9.17) is 33.0 Å². The summed E-state index contributed by atoms with van der Waals surface area (Å²) in [5.41, 5.74) is 0.522. The van der Waals surface area contributed by atoms with Crippen LogP contribution in [0.25, 0.3) is 0 Å². The highest BCUT2D eigenvalue weighted by atomic mass is 35.5. The average molecular weight is 381 g/mol. The molecule has 132 valence electrons. The predicted molar refractivity (Wildman–Crippen MR) is 96.5 cm³/mol. The molecule has 1 saturated carbocycles. The third-order valence-corrected chi connectivity index (χ3v) is 5.15. The van der Waals surface area contributed by atoms with Crippen molar-refractivity contribution in [3.8, 4) is 11.6 Å². The quantitative estimate of drug-likeness (QED) is 0.759. The van der Waals surface area contributed by atoms with Gasteiger partial charge in [0.05, 0.1) is 10.6 Å². The van der Waals surface area contributed by atoms with Gasteiger partial charge >= 0.3 is 0 Å². The summed E-state index contributed by atoms with van der Waals surface area (Å²) in [7, 11) is 0. The first-order valence-corrected chi connectivity index (χ1v) is 8.76. The summed E-state index contributed by atoms with van der Waals surface area (Å²) in [6.07, 6.45) is 4.26. The van der Waals surface area contributed by atoms with E-state index in [0.717, 1.165) is 19.3 Å². The maximum Gasteiger partial charge on any atom is 0.252 e. The molecule has 5 nitrogen and oxygen atoms in total. The van der Waals surface area contributed by atoms with E-state index in [2.05, 4.69) is 10.3 Å². The number of pyridine rings is 1. The van der Waals surface area contributed by atoms with Gasteiger partial charge in [-0.1, -0.05) is 29.3 Å². The Bertz CT molecular complexity index is 761. The van der Waals surface area contributed by atoms with Crippen LogP contribution in [0.2, 0.25) is 10.0 Å². The first kappa shape index (κ1) is 18.0. The van der Waals surface area contributed by atoms with Crippen LogP contribution in [0.4, 0.5) is 0 Å². The number of carbonyl (C=O) groups excluding carboxylic acids is 1. The van der Waals surface area contributed by atoms with Crippen LogP contribution in [0.15, 0.2) is 36.5 Å². The Labute approximate surface area is 155 Å². The SMILES string of the molecule is O=C(NCC1(CCO)CC1)c1ccc(Oc2cccc(Cl)c2Cl)nc1.